The molecule has 1 atom stereocenters. The number of hydrogen-bond acceptors (Lipinski definition) is 4. The predicted molar refractivity (Wildman–Crippen MR) is 133 cm³/mol. The Balaban J connectivity index is 2.02. The van der Waals surface area contributed by atoms with Crippen LogP contribution in [0.3, 0.4) is 0 Å². The highest BCUT2D eigenvalue weighted by Gasteiger charge is 2.28. The molecule has 0 aliphatic rings. The second kappa shape index (κ2) is 11.0. The van der Waals surface area contributed by atoms with Crippen molar-refractivity contribution in [3.63, 3.8) is 0 Å². The quantitative estimate of drug-likeness (QED) is 0.470. The van der Waals surface area contributed by atoms with Crippen LogP contribution in [0.2, 0.25) is 0 Å². The van der Waals surface area contributed by atoms with Crippen molar-refractivity contribution < 1.29 is 9.53 Å². The maximum absolute atomic E-state index is 13.5. The molecule has 0 aliphatic heterocycles. The van der Waals surface area contributed by atoms with Crippen molar-refractivity contribution in [2.45, 2.75) is 53.1 Å². The van der Waals surface area contributed by atoms with Gasteiger partial charge in [0.05, 0.1) is 24.1 Å². The largest absolute Gasteiger partial charge is 0.497 e. The van der Waals surface area contributed by atoms with E-state index < -0.39 is 0 Å². The van der Waals surface area contributed by atoms with Crippen LogP contribution in [0.5, 0.6) is 5.75 Å². The van der Waals surface area contributed by atoms with Gasteiger partial charge in [-0.25, -0.2) is 9.78 Å². The number of carbonyl (C=O) groups excluding carboxylic acids is 1. The normalized spacial score (nSPS) is 12.1. The van der Waals surface area contributed by atoms with Gasteiger partial charge in [-0.15, -0.1) is 0 Å². The maximum Gasteiger partial charge on any atom is 0.322 e. The van der Waals surface area contributed by atoms with Crippen LogP contribution >= 0.6 is 0 Å². The van der Waals surface area contributed by atoms with Crippen molar-refractivity contribution >= 4 is 22.6 Å². The van der Waals surface area contributed by atoms with Crippen LogP contribution in [0, 0.1) is 5.92 Å². The number of urea groups is 1. The summed E-state index contributed by atoms with van der Waals surface area (Å²) in [5.74, 6) is 1.78. The second-order valence-electron chi connectivity index (χ2n) is 8.50. The Morgan fingerprint density at radius 1 is 1.12 bits per heavy atom. The number of hydrogen-bond donors (Lipinski definition) is 1. The number of aromatic nitrogens is 2. The second-order valence-corrected chi connectivity index (χ2v) is 8.50. The smallest absolute Gasteiger partial charge is 0.322 e. The lowest BCUT2D eigenvalue weighted by Gasteiger charge is -2.32. The van der Waals surface area contributed by atoms with Crippen molar-refractivity contribution in [3.05, 3.63) is 64.7 Å². The molecule has 0 saturated heterocycles. The lowest BCUT2D eigenvalue weighted by atomic mass is 10.1. The molecule has 0 spiro atoms. The van der Waals surface area contributed by atoms with Gasteiger partial charge < -0.3 is 15.0 Å². The number of carbonyl (C=O) groups is 1. The molecule has 1 N–H and O–H groups in total. The maximum atomic E-state index is 13.5. The number of para-hydroxylation sites is 1. The van der Waals surface area contributed by atoms with Gasteiger partial charge in [0.1, 0.15) is 11.6 Å². The van der Waals surface area contributed by atoms with Crippen LogP contribution in [0.15, 0.2) is 53.3 Å². The first-order valence-electron chi connectivity index (χ1n) is 11.6. The molecule has 0 saturated carbocycles. The number of ether oxygens (including phenoxy) is 1. The summed E-state index contributed by atoms with van der Waals surface area (Å²) in [5, 5.41) is 3.60. The Labute approximate surface area is 195 Å². The molecule has 1 unspecified atom stereocenters. The lowest BCUT2D eigenvalue weighted by molar-refractivity contribution is 0.175. The number of amides is 2. The minimum atomic E-state index is -0.334. The Morgan fingerprint density at radius 2 is 1.82 bits per heavy atom. The molecule has 0 radical (unpaired) electrons. The molecule has 3 aromatic rings. The number of nitrogens with one attached hydrogen (secondary N) is 1. The summed E-state index contributed by atoms with van der Waals surface area (Å²) in [4.78, 5) is 33.3. The zero-order valence-corrected chi connectivity index (χ0v) is 20.2. The fourth-order valence-corrected chi connectivity index (χ4v) is 3.95. The molecular formula is C26H34N4O3. The highest BCUT2D eigenvalue weighted by molar-refractivity contribution is 5.89. The molecule has 0 fully saturated rings. The van der Waals surface area contributed by atoms with Crippen LogP contribution in [-0.2, 0) is 6.54 Å². The van der Waals surface area contributed by atoms with E-state index in [4.69, 9.17) is 9.72 Å². The Hall–Kier alpha value is -3.35. The fraction of sp³-hybridized carbons (Fsp3) is 0.423. The van der Waals surface area contributed by atoms with Crippen molar-refractivity contribution in [3.8, 4) is 5.75 Å². The van der Waals surface area contributed by atoms with E-state index in [1.807, 2.05) is 61.2 Å². The summed E-state index contributed by atoms with van der Waals surface area (Å²) >= 11 is 0. The Bertz CT molecular complexity index is 1140. The summed E-state index contributed by atoms with van der Waals surface area (Å²) in [5.41, 5.74) is 1.26. The summed E-state index contributed by atoms with van der Waals surface area (Å²) in [7, 11) is 1.61. The standard InChI is InChI=1S/C26H34N4O3/c1-6-23(24-28-22-11-9-8-10-21(22)25(31)29(24)7-2)30(17-16-18(3)4)26(32)27-19-12-14-20(33-5)15-13-19/h8-15,18,23H,6-7,16-17H2,1-5H3,(H,27,32). The third-order valence-electron chi connectivity index (χ3n) is 5.82. The molecular weight excluding hydrogens is 416 g/mol. The van der Waals surface area contributed by atoms with Gasteiger partial charge >= 0.3 is 6.03 Å². The molecule has 1 aromatic heterocycles. The van der Waals surface area contributed by atoms with Gasteiger partial charge in [0.15, 0.2) is 0 Å². The number of benzene rings is 2. The van der Waals surface area contributed by atoms with E-state index in [0.717, 1.165) is 12.2 Å². The monoisotopic (exact) mass is 450 g/mol. The third kappa shape index (κ3) is 5.53. The van der Waals surface area contributed by atoms with Crippen molar-refractivity contribution in [2.75, 3.05) is 19.0 Å². The number of nitrogens with zero attached hydrogens (tertiary/aromatic N) is 3. The average Bonchev–Trinajstić information content (AvgIpc) is 2.82. The van der Waals surface area contributed by atoms with Gasteiger partial charge in [-0.2, -0.15) is 0 Å². The number of anilines is 1. The Kier molecular flexibility index (Phi) is 8.09. The summed E-state index contributed by atoms with van der Waals surface area (Å²) in [6.45, 7) is 9.28. The van der Waals surface area contributed by atoms with Gasteiger partial charge in [0.2, 0.25) is 0 Å². The highest BCUT2D eigenvalue weighted by atomic mass is 16.5. The number of rotatable bonds is 9. The zero-order chi connectivity index (χ0) is 24.0. The van der Waals surface area contributed by atoms with Gasteiger partial charge in [-0.3, -0.25) is 9.36 Å². The summed E-state index contributed by atoms with van der Waals surface area (Å²) in [6, 6.07) is 14.1. The molecule has 7 nitrogen and oxygen atoms in total. The number of fused-ring (bicyclic) bond motifs is 1. The molecule has 0 aliphatic carbocycles. The van der Waals surface area contributed by atoms with Crippen LogP contribution in [-0.4, -0.2) is 34.1 Å². The summed E-state index contributed by atoms with van der Waals surface area (Å²) < 4.78 is 6.90. The molecule has 33 heavy (non-hydrogen) atoms. The highest BCUT2D eigenvalue weighted by Crippen LogP contribution is 2.26. The number of methoxy groups -OCH3 is 1. The van der Waals surface area contributed by atoms with Gasteiger partial charge in [0.25, 0.3) is 5.56 Å². The molecule has 3 rings (SSSR count). The van der Waals surface area contributed by atoms with Gasteiger partial charge in [-0.05, 0) is 62.1 Å². The molecule has 2 aromatic carbocycles. The first-order chi connectivity index (χ1) is 15.9. The molecule has 176 valence electrons. The fourth-order valence-electron chi connectivity index (χ4n) is 3.95. The molecule has 0 bridgehead atoms. The van der Waals surface area contributed by atoms with Gasteiger partial charge in [0, 0.05) is 18.8 Å². The van der Waals surface area contributed by atoms with Crippen molar-refractivity contribution in [1.82, 2.24) is 14.5 Å². The van der Waals surface area contributed by atoms with Crippen molar-refractivity contribution in [1.29, 1.82) is 0 Å². The topological polar surface area (TPSA) is 76.5 Å². The molecule has 7 heteroatoms. The first-order valence-corrected chi connectivity index (χ1v) is 11.6. The zero-order valence-electron chi connectivity index (χ0n) is 20.2. The van der Waals surface area contributed by atoms with E-state index in [0.29, 0.717) is 47.8 Å². The van der Waals surface area contributed by atoms with Gasteiger partial charge in [-0.1, -0.05) is 32.9 Å². The van der Waals surface area contributed by atoms with E-state index in [-0.39, 0.29) is 17.6 Å². The van der Waals surface area contributed by atoms with E-state index in [9.17, 15) is 9.59 Å². The van der Waals surface area contributed by atoms with E-state index >= 15 is 0 Å². The van der Waals surface area contributed by atoms with Crippen LogP contribution < -0.4 is 15.6 Å². The minimum Gasteiger partial charge on any atom is -0.497 e. The first kappa shape index (κ1) is 24.3. The third-order valence-corrected chi connectivity index (χ3v) is 5.82. The molecule has 2 amide bonds. The Morgan fingerprint density at radius 3 is 2.42 bits per heavy atom. The predicted octanol–water partition coefficient (Wildman–Crippen LogP) is 5.46. The molecule has 1 heterocycles. The van der Waals surface area contributed by atoms with E-state index in [2.05, 4.69) is 19.2 Å². The SMILES string of the molecule is CCC(c1nc2ccccc2c(=O)n1CC)N(CCC(C)C)C(=O)Nc1ccc(OC)cc1. The lowest BCUT2D eigenvalue weighted by Crippen LogP contribution is -2.41. The van der Waals surface area contributed by atoms with Crippen LogP contribution in [0.4, 0.5) is 10.5 Å². The van der Waals surface area contributed by atoms with Crippen LogP contribution in [0.25, 0.3) is 10.9 Å². The van der Waals surface area contributed by atoms with E-state index in [1.165, 1.54) is 0 Å². The van der Waals surface area contributed by atoms with E-state index in [1.54, 1.807) is 17.7 Å². The van der Waals surface area contributed by atoms with Crippen LogP contribution in [0.1, 0.15) is 52.4 Å². The van der Waals surface area contributed by atoms with Crippen molar-refractivity contribution in [2.24, 2.45) is 5.92 Å². The average molecular weight is 451 g/mol. The summed E-state index contributed by atoms with van der Waals surface area (Å²) in [6.07, 6.45) is 1.48. The minimum absolute atomic E-state index is 0.0732.